The summed E-state index contributed by atoms with van der Waals surface area (Å²) < 4.78 is 14.2. The summed E-state index contributed by atoms with van der Waals surface area (Å²) in [5.41, 5.74) is 0.817. The molecule has 0 bridgehead atoms. The van der Waals surface area contributed by atoms with Crippen molar-refractivity contribution in [1.82, 2.24) is 25.1 Å². The second-order valence-corrected chi connectivity index (χ2v) is 4.73. The lowest BCUT2D eigenvalue weighted by molar-refractivity contribution is 0.0949. The first-order valence-electron chi connectivity index (χ1n) is 5.42. The maximum Gasteiger partial charge on any atom is 0.282 e. The summed E-state index contributed by atoms with van der Waals surface area (Å²) in [5.74, 6) is -0.594. The van der Waals surface area contributed by atoms with Crippen molar-refractivity contribution in [3.63, 3.8) is 0 Å². The van der Waals surface area contributed by atoms with Gasteiger partial charge in [0.05, 0.1) is 0 Å². The van der Waals surface area contributed by atoms with Gasteiger partial charge < -0.3 is 5.32 Å². The van der Waals surface area contributed by atoms with Gasteiger partial charge in [0.15, 0.2) is 0 Å². The van der Waals surface area contributed by atoms with E-state index in [1.54, 1.807) is 12.1 Å². The van der Waals surface area contributed by atoms with Gasteiger partial charge in [0.2, 0.25) is 9.97 Å². The Bertz CT molecular complexity index is 692. The SMILES string of the molecule is O=C(NCc1ccc(F)cc1)c1nn2cnnc2s1. The molecule has 0 aliphatic carbocycles. The Kier molecular flexibility index (Phi) is 2.92. The van der Waals surface area contributed by atoms with Gasteiger partial charge >= 0.3 is 0 Å². The Labute approximate surface area is 110 Å². The second kappa shape index (κ2) is 4.73. The fraction of sp³-hybridized carbons (Fsp3) is 0.0909. The molecule has 0 saturated carbocycles. The van der Waals surface area contributed by atoms with Gasteiger partial charge in [-0.05, 0) is 17.7 Å². The lowest BCUT2D eigenvalue weighted by Crippen LogP contribution is -2.22. The fourth-order valence-electron chi connectivity index (χ4n) is 1.51. The Morgan fingerprint density at radius 3 is 2.89 bits per heavy atom. The van der Waals surface area contributed by atoms with Crippen molar-refractivity contribution >= 4 is 22.2 Å². The number of rotatable bonds is 3. The van der Waals surface area contributed by atoms with Gasteiger partial charge in [-0.3, -0.25) is 4.79 Å². The van der Waals surface area contributed by atoms with E-state index < -0.39 is 0 Å². The molecule has 1 amide bonds. The number of amides is 1. The van der Waals surface area contributed by atoms with Crippen LogP contribution in [0.4, 0.5) is 4.39 Å². The molecule has 0 radical (unpaired) electrons. The van der Waals surface area contributed by atoms with E-state index in [2.05, 4.69) is 20.6 Å². The maximum atomic E-state index is 12.7. The van der Waals surface area contributed by atoms with Crippen molar-refractivity contribution in [2.45, 2.75) is 6.54 Å². The van der Waals surface area contributed by atoms with Crippen LogP contribution in [0.15, 0.2) is 30.6 Å². The molecular formula is C11H8FN5OS. The van der Waals surface area contributed by atoms with Crippen LogP contribution in [0.3, 0.4) is 0 Å². The lowest BCUT2D eigenvalue weighted by atomic mass is 10.2. The van der Waals surface area contributed by atoms with Crippen molar-refractivity contribution in [3.8, 4) is 0 Å². The maximum absolute atomic E-state index is 12.7. The van der Waals surface area contributed by atoms with E-state index in [0.717, 1.165) is 16.9 Å². The lowest BCUT2D eigenvalue weighted by Gasteiger charge is -2.02. The molecule has 0 aliphatic rings. The normalized spacial score (nSPS) is 10.8. The van der Waals surface area contributed by atoms with Crippen molar-refractivity contribution in [2.75, 3.05) is 0 Å². The van der Waals surface area contributed by atoms with Gasteiger partial charge in [-0.15, -0.1) is 15.3 Å². The number of nitrogens with zero attached hydrogens (tertiary/aromatic N) is 4. The molecule has 0 unspecified atom stereocenters. The van der Waals surface area contributed by atoms with E-state index >= 15 is 0 Å². The van der Waals surface area contributed by atoms with Gasteiger partial charge in [0, 0.05) is 6.54 Å². The van der Waals surface area contributed by atoms with Crippen LogP contribution in [0.5, 0.6) is 0 Å². The molecule has 0 saturated heterocycles. The average molecular weight is 277 g/mol. The summed E-state index contributed by atoms with van der Waals surface area (Å²) in [6.45, 7) is 0.319. The predicted octanol–water partition coefficient (Wildman–Crippen LogP) is 1.25. The van der Waals surface area contributed by atoms with Crippen LogP contribution >= 0.6 is 11.3 Å². The molecule has 6 nitrogen and oxygen atoms in total. The van der Waals surface area contributed by atoms with E-state index in [0.29, 0.717) is 16.5 Å². The first-order chi connectivity index (χ1) is 9.22. The molecule has 2 aromatic heterocycles. The highest BCUT2D eigenvalue weighted by Crippen LogP contribution is 2.11. The van der Waals surface area contributed by atoms with Crippen LogP contribution in [0.25, 0.3) is 4.96 Å². The highest BCUT2D eigenvalue weighted by atomic mass is 32.1. The van der Waals surface area contributed by atoms with Crippen LogP contribution in [-0.4, -0.2) is 25.7 Å². The third-order valence-electron chi connectivity index (χ3n) is 2.45. The first-order valence-corrected chi connectivity index (χ1v) is 6.23. The summed E-state index contributed by atoms with van der Waals surface area (Å²) >= 11 is 1.16. The van der Waals surface area contributed by atoms with E-state index in [1.807, 2.05) is 0 Å². The summed E-state index contributed by atoms with van der Waals surface area (Å²) in [7, 11) is 0. The highest BCUT2D eigenvalue weighted by Gasteiger charge is 2.13. The Morgan fingerprint density at radius 1 is 1.37 bits per heavy atom. The van der Waals surface area contributed by atoms with Gasteiger partial charge in [-0.1, -0.05) is 23.5 Å². The van der Waals surface area contributed by atoms with Gasteiger partial charge in [-0.2, -0.15) is 4.52 Å². The van der Waals surface area contributed by atoms with E-state index in [-0.39, 0.29) is 11.7 Å². The quantitative estimate of drug-likeness (QED) is 0.782. The highest BCUT2D eigenvalue weighted by molar-refractivity contribution is 7.18. The molecule has 1 aromatic carbocycles. The molecule has 3 rings (SSSR count). The molecule has 0 atom stereocenters. The molecule has 19 heavy (non-hydrogen) atoms. The summed E-state index contributed by atoms with van der Waals surface area (Å²) in [5, 5.41) is 14.5. The number of carbonyl (C=O) groups excluding carboxylic acids is 1. The summed E-state index contributed by atoms with van der Waals surface area (Å²) in [6.07, 6.45) is 1.43. The smallest absolute Gasteiger partial charge is 0.282 e. The molecule has 0 spiro atoms. The van der Waals surface area contributed by atoms with Crippen LogP contribution in [0, 0.1) is 5.82 Å². The Balaban J connectivity index is 1.68. The van der Waals surface area contributed by atoms with Crippen molar-refractivity contribution in [3.05, 3.63) is 47.0 Å². The predicted molar refractivity (Wildman–Crippen MR) is 66.2 cm³/mol. The van der Waals surface area contributed by atoms with Crippen molar-refractivity contribution in [1.29, 1.82) is 0 Å². The number of hydrogen-bond donors (Lipinski definition) is 1. The number of benzene rings is 1. The van der Waals surface area contributed by atoms with Crippen LogP contribution < -0.4 is 5.32 Å². The topological polar surface area (TPSA) is 72.2 Å². The summed E-state index contributed by atoms with van der Waals surface area (Å²) in [6, 6.07) is 5.94. The molecule has 3 aromatic rings. The zero-order valence-electron chi connectivity index (χ0n) is 9.58. The van der Waals surface area contributed by atoms with Crippen molar-refractivity contribution in [2.24, 2.45) is 0 Å². The number of carbonyl (C=O) groups is 1. The number of nitrogens with one attached hydrogen (secondary N) is 1. The number of fused-ring (bicyclic) bond motifs is 1. The summed E-state index contributed by atoms with van der Waals surface area (Å²) in [4.78, 5) is 12.4. The number of halogens is 1. The third kappa shape index (κ3) is 2.43. The van der Waals surface area contributed by atoms with Gasteiger partial charge in [0.1, 0.15) is 12.1 Å². The standard InChI is InChI=1S/C11H8FN5OS/c12-8-3-1-7(2-4-8)5-13-9(18)10-16-17-6-14-15-11(17)19-10/h1-4,6H,5H2,(H,13,18). The second-order valence-electron chi connectivity index (χ2n) is 3.77. The molecule has 0 fully saturated rings. The third-order valence-corrected chi connectivity index (χ3v) is 3.36. The monoisotopic (exact) mass is 277 g/mol. The van der Waals surface area contributed by atoms with Gasteiger partial charge in [-0.25, -0.2) is 4.39 Å². The van der Waals surface area contributed by atoms with Crippen LogP contribution in [0.1, 0.15) is 15.4 Å². The Hall–Kier alpha value is -2.35. The van der Waals surface area contributed by atoms with Gasteiger partial charge in [0.25, 0.3) is 5.91 Å². The zero-order valence-corrected chi connectivity index (χ0v) is 10.4. The van der Waals surface area contributed by atoms with E-state index in [9.17, 15) is 9.18 Å². The van der Waals surface area contributed by atoms with Crippen LogP contribution in [0.2, 0.25) is 0 Å². The minimum Gasteiger partial charge on any atom is -0.346 e. The molecule has 96 valence electrons. The minimum absolute atomic E-state index is 0.292. The minimum atomic E-state index is -0.302. The number of hydrogen-bond acceptors (Lipinski definition) is 5. The van der Waals surface area contributed by atoms with E-state index in [1.165, 1.54) is 23.0 Å². The van der Waals surface area contributed by atoms with Crippen molar-refractivity contribution < 1.29 is 9.18 Å². The number of aromatic nitrogens is 4. The van der Waals surface area contributed by atoms with E-state index in [4.69, 9.17) is 0 Å². The molecule has 8 heteroatoms. The largest absolute Gasteiger partial charge is 0.346 e. The zero-order chi connectivity index (χ0) is 13.2. The van der Waals surface area contributed by atoms with Crippen LogP contribution in [-0.2, 0) is 6.54 Å². The molecule has 2 heterocycles. The fourth-order valence-corrected chi connectivity index (χ4v) is 2.25. The molecule has 0 aliphatic heterocycles. The molecule has 1 N–H and O–H groups in total. The molecular weight excluding hydrogens is 269 g/mol. The average Bonchev–Trinajstić information content (AvgIpc) is 2.98. The first kappa shape index (κ1) is 11.7. The Morgan fingerprint density at radius 2 is 2.16 bits per heavy atom.